The molecule has 1 unspecified atom stereocenters. The molecule has 0 saturated heterocycles. The molecule has 0 aliphatic heterocycles. The molecular formula is C16H18F2N2. The minimum absolute atomic E-state index is 0.276. The third kappa shape index (κ3) is 3.85. The average molecular weight is 276 g/mol. The zero-order valence-electron chi connectivity index (χ0n) is 11.4. The summed E-state index contributed by atoms with van der Waals surface area (Å²) in [5, 5.41) is 0. The van der Waals surface area contributed by atoms with Gasteiger partial charge in [0.1, 0.15) is 11.6 Å². The van der Waals surface area contributed by atoms with Crippen LogP contribution in [0.15, 0.2) is 42.5 Å². The number of nitrogens with two attached hydrogens (primary N) is 1. The third-order valence-corrected chi connectivity index (χ3v) is 3.33. The van der Waals surface area contributed by atoms with E-state index in [0.717, 1.165) is 12.5 Å². The molecule has 0 heterocycles. The lowest BCUT2D eigenvalue weighted by atomic mass is 9.99. The van der Waals surface area contributed by atoms with Crippen molar-refractivity contribution in [3.8, 4) is 0 Å². The third-order valence-electron chi connectivity index (χ3n) is 3.33. The van der Waals surface area contributed by atoms with E-state index in [0.29, 0.717) is 12.0 Å². The van der Waals surface area contributed by atoms with Gasteiger partial charge in [-0.1, -0.05) is 29.8 Å². The van der Waals surface area contributed by atoms with Crippen molar-refractivity contribution in [1.29, 1.82) is 0 Å². The molecule has 0 aromatic heterocycles. The maximum absolute atomic E-state index is 13.2. The van der Waals surface area contributed by atoms with Crippen LogP contribution < -0.4 is 11.3 Å². The molecule has 2 nitrogen and oxygen atoms in total. The van der Waals surface area contributed by atoms with Crippen molar-refractivity contribution in [2.45, 2.75) is 25.8 Å². The van der Waals surface area contributed by atoms with E-state index in [9.17, 15) is 8.78 Å². The zero-order chi connectivity index (χ0) is 14.5. The molecule has 20 heavy (non-hydrogen) atoms. The number of halogens is 2. The summed E-state index contributed by atoms with van der Waals surface area (Å²) in [5.74, 6) is 4.32. The van der Waals surface area contributed by atoms with E-state index in [1.165, 1.54) is 23.3 Å². The minimum atomic E-state index is -0.587. The fourth-order valence-electron chi connectivity index (χ4n) is 2.19. The van der Waals surface area contributed by atoms with Crippen LogP contribution in [0.1, 0.15) is 29.2 Å². The van der Waals surface area contributed by atoms with Crippen LogP contribution in [-0.2, 0) is 6.42 Å². The van der Waals surface area contributed by atoms with Crippen molar-refractivity contribution in [3.05, 3.63) is 70.8 Å². The molecule has 0 aliphatic rings. The first-order valence-electron chi connectivity index (χ1n) is 6.56. The first-order valence-corrected chi connectivity index (χ1v) is 6.56. The Balaban J connectivity index is 2.07. The lowest BCUT2D eigenvalue weighted by Crippen LogP contribution is -2.28. The van der Waals surface area contributed by atoms with Gasteiger partial charge in [0.05, 0.1) is 0 Å². The lowest BCUT2D eigenvalue weighted by molar-refractivity contribution is 0.504. The fourth-order valence-corrected chi connectivity index (χ4v) is 2.19. The van der Waals surface area contributed by atoms with Gasteiger partial charge < -0.3 is 0 Å². The van der Waals surface area contributed by atoms with Gasteiger partial charge in [0.2, 0.25) is 0 Å². The number of aryl methyl sites for hydroxylation is 2. The van der Waals surface area contributed by atoms with Gasteiger partial charge in [0.15, 0.2) is 0 Å². The van der Waals surface area contributed by atoms with E-state index in [1.54, 1.807) is 0 Å². The van der Waals surface area contributed by atoms with Gasteiger partial charge in [-0.05, 0) is 43.0 Å². The number of nitrogens with one attached hydrogen (secondary N) is 1. The SMILES string of the molecule is Cc1ccc(CCC(NN)c2cc(F)cc(F)c2)cc1. The summed E-state index contributed by atoms with van der Waals surface area (Å²) in [4.78, 5) is 0. The number of rotatable bonds is 5. The highest BCUT2D eigenvalue weighted by atomic mass is 19.1. The highest BCUT2D eigenvalue weighted by molar-refractivity contribution is 5.24. The summed E-state index contributed by atoms with van der Waals surface area (Å²) in [6.45, 7) is 2.03. The summed E-state index contributed by atoms with van der Waals surface area (Å²) in [5.41, 5.74) is 5.52. The van der Waals surface area contributed by atoms with E-state index in [4.69, 9.17) is 5.84 Å². The Morgan fingerprint density at radius 2 is 1.65 bits per heavy atom. The second-order valence-electron chi connectivity index (χ2n) is 4.95. The van der Waals surface area contributed by atoms with Crippen LogP contribution >= 0.6 is 0 Å². The van der Waals surface area contributed by atoms with Crippen molar-refractivity contribution in [3.63, 3.8) is 0 Å². The van der Waals surface area contributed by atoms with Crippen LogP contribution in [0, 0.1) is 18.6 Å². The first kappa shape index (κ1) is 14.6. The molecule has 2 rings (SSSR count). The minimum Gasteiger partial charge on any atom is -0.271 e. The van der Waals surface area contributed by atoms with E-state index >= 15 is 0 Å². The molecule has 2 aromatic carbocycles. The Morgan fingerprint density at radius 3 is 2.20 bits per heavy atom. The summed E-state index contributed by atoms with van der Waals surface area (Å²) in [6, 6.07) is 11.4. The van der Waals surface area contributed by atoms with Crippen LogP contribution in [0.25, 0.3) is 0 Å². The Bertz CT molecular complexity index is 547. The zero-order valence-corrected chi connectivity index (χ0v) is 11.4. The summed E-state index contributed by atoms with van der Waals surface area (Å²) < 4.78 is 26.4. The first-order chi connectivity index (χ1) is 9.58. The van der Waals surface area contributed by atoms with Crippen LogP contribution in [0.3, 0.4) is 0 Å². The molecule has 0 fully saturated rings. The standard InChI is InChI=1S/C16H18F2N2/c1-11-2-4-12(5-3-11)6-7-16(20-19)13-8-14(17)10-15(18)9-13/h2-5,8-10,16,20H,6-7,19H2,1H3. The number of hydrogen-bond acceptors (Lipinski definition) is 2. The van der Waals surface area contributed by atoms with Crippen LogP contribution in [0.2, 0.25) is 0 Å². The van der Waals surface area contributed by atoms with Gasteiger partial charge in [-0.25, -0.2) is 8.78 Å². The van der Waals surface area contributed by atoms with Crippen molar-refractivity contribution < 1.29 is 8.78 Å². The Kier molecular flexibility index (Phi) is 4.82. The van der Waals surface area contributed by atoms with Gasteiger partial charge in [0, 0.05) is 12.1 Å². The van der Waals surface area contributed by atoms with Crippen LogP contribution in [-0.4, -0.2) is 0 Å². The quantitative estimate of drug-likeness (QED) is 0.649. The Hall–Kier alpha value is -1.78. The molecule has 1 atom stereocenters. The van der Waals surface area contributed by atoms with E-state index in [2.05, 4.69) is 17.6 Å². The number of hydrogen-bond donors (Lipinski definition) is 2. The van der Waals surface area contributed by atoms with Gasteiger partial charge >= 0.3 is 0 Å². The smallest absolute Gasteiger partial charge is 0.126 e. The second-order valence-corrected chi connectivity index (χ2v) is 4.95. The van der Waals surface area contributed by atoms with E-state index in [1.807, 2.05) is 19.1 Å². The normalized spacial score (nSPS) is 12.4. The Labute approximate surface area is 117 Å². The molecular weight excluding hydrogens is 258 g/mol. The maximum atomic E-state index is 13.2. The van der Waals surface area contributed by atoms with Crippen molar-refractivity contribution >= 4 is 0 Å². The molecule has 0 aliphatic carbocycles. The largest absolute Gasteiger partial charge is 0.271 e. The molecule has 2 aromatic rings. The molecule has 4 heteroatoms. The molecule has 0 spiro atoms. The molecule has 0 radical (unpaired) electrons. The number of hydrazine groups is 1. The van der Waals surface area contributed by atoms with Crippen LogP contribution in [0.5, 0.6) is 0 Å². The van der Waals surface area contributed by atoms with Crippen molar-refractivity contribution in [2.75, 3.05) is 0 Å². The molecule has 106 valence electrons. The monoisotopic (exact) mass is 276 g/mol. The lowest BCUT2D eigenvalue weighted by Gasteiger charge is -2.16. The maximum Gasteiger partial charge on any atom is 0.126 e. The fraction of sp³-hybridized carbons (Fsp3) is 0.250. The predicted molar refractivity (Wildman–Crippen MR) is 75.9 cm³/mol. The van der Waals surface area contributed by atoms with Crippen molar-refractivity contribution in [1.82, 2.24) is 5.43 Å². The number of benzene rings is 2. The molecule has 0 amide bonds. The average Bonchev–Trinajstić information content (AvgIpc) is 2.40. The predicted octanol–water partition coefficient (Wildman–Crippen LogP) is 3.41. The Morgan fingerprint density at radius 1 is 1.05 bits per heavy atom. The van der Waals surface area contributed by atoms with Gasteiger partial charge in [-0.2, -0.15) is 0 Å². The summed E-state index contributed by atoms with van der Waals surface area (Å²) in [6.07, 6.45) is 1.45. The second kappa shape index (κ2) is 6.59. The highest BCUT2D eigenvalue weighted by Crippen LogP contribution is 2.21. The summed E-state index contributed by atoms with van der Waals surface area (Å²) >= 11 is 0. The summed E-state index contributed by atoms with van der Waals surface area (Å²) in [7, 11) is 0. The van der Waals surface area contributed by atoms with Gasteiger partial charge in [0.25, 0.3) is 0 Å². The molecule has 0 saturated carbocycles. The van der Waals surface area contributed by atoms with Crippen molar-refractivity contribution in [2.24, 2.45) is 5.84 Å². The topological polar surface area (TPSA) is 38.0 Å². The van der Waals surface area contributed by atoms with Crippen LogP contribution in [0.4, 0.5) is 8.78 Å². The van der Waals surface area contributed by atoms with Gasteiger partial charge in [-0.3, -0.25) is 11.3 Å². The highest BCUT2D eigenvalue weighted by Gasteiger charge is 2.12. The van der Waals surface area contributed by atoms with E-state index in [-0.39, 0.29) is 6.04 Å². The van der Waals surface area contributed by atoms with E-state index < -0.39 is 11.6 Å². The molecule has 0 bridgehead atoms. The van der Waals surface area contributed by atoms with Gasteiger partial charge in [-0.15, -0.1) is 0 Å². The molecule has 3 N–H and O–H groups in total.